The van der Waals surface area contributed by atoms with Gasteiger partial charge in [0, 0.05) is 16.9 Å². The maximum absolute atomic E-state index is 12.9. The number of nitrogens with one attached hydrogen (secondary N) is 1. The zero-order valence-corrected chi connectivity index (χ0v) is 16.7. The molecule has 0 saturated heterocycles. The van der Waals surface area contributed by atoms with E-state index < -0.39 is 0 Å². The van der Waals surface area contributed by atoms with Crippen molar-refractivity contribution in [3.05, 3.63) is 50.9 Å². The van der Waals surface area contributed by atoms with Gasteiger partial charge in [0.15, 0.2) is 0 Å². The molecule has 1 aliphatic carbocycles. The maximum Gasteiger partial charge on any atom is 0.261 e. The third kappa shape index (κ3) is 3.13. The van der Waals surface area contributed by atoms with Crippen LogP contribution in [0.4, 0.5) is 0 Å². The molecule has 4 rings (SSSR count). The number of thiophene rings is 1. The molecule has 1 aromatic carbocycles. The predicted molar refractivity (Wildman–Crippen MR) is 105 cm³/mol. The number of aromatic nitrogens is 2. The smallest absolute Gasteiger partial charge is 0.261 e. The van der Waals surface area contributed by atoms with E-state index in [0.717, 1.165) is 25.3 Å². The van der Waals surface area contributed by atoms with Crippen molar-refractivity contribution >= 4 is 43.4 Å². The average Bonchev–Trinajstić information content (AvgIpc) is 3.08. The normalized spacial score (nSPS) is 16.0. The van der Waals surface area contributed by atoms with Gasteiger partial charge in [0.25, 0.3) is 5.91 Å². The molecule has 0 spiro atoms. The SMILES string of the molecule is Cc1nn(C)c2sc(C(=O)NC(c3ccc(Br)cc3)C3CCC3)cc12. The summed E-state index contributed by atoms with van der Waals surface area (Å²) in [7, 11) is 1.92. The second-order valence-electron chi connectivity index (χ2n) is 6.73. The maximum atomic E-state index is 12.9. The summed E-state index contributed by atoms with van der Waals surface area (Å²) in [6, 6.07) is 10.3. The van der Waals surface area contributed by atoms with Crippen molar-refractivity contribution in [2.24, 2.45) is 13.0 Å². The number of rotatable bonds is 4. The number of halogens is 1. The average molecular weight is 418 g/mol. The second-order valence-corrected chi connectivity index (χ2v) is 8.68. The quantitative estimate of drug-likeness (QED) is 0.650. The molecule has 1 atom stereocenters. The van der Waals surface area contributed by atoms with Gasteiger partial charge in [0.1, 0.15) is 4.83 Å². The Morgan fingerprint density at radius 3 is 2.68 bits per heavy atom. The largest absolute Gasteiger partial charge is 0.344 e. The fourth-order valence-electron chi connectivity index (χ4n) is 3.45. The monoisotopic (exact) mass is 417 g/mol. The Hall–Kier alpha value is -1.66. The molecule has 2 heterocycles. The molecule has 25 heavy (non-hydrogen) atoms. The summed E-state index contributed by atoms with van der Waals surface area (Å²) < 4.78 is 2.91. The highest BCUT2D eigenvalue weighted by molar-refractivity contribution is 9.10. The highest BCUT2D eigenvalue weighted by atomic mass is 79.9. The third-order valence-corrected chi connectivity index (χ3v) is 6.79. The Kier molecular flexibility index (Phi) is 4.41. The summed E-state index contributed by atoms with van der Waals surface area (Å²) >= 11 is 5.00. The van der Waals surface area contributed by atoms with Crippen LogP contribution in [-0.2, 0) is 7.05 Å². The number of aryl methyl sites for hydroxylation is 2. The van der Waals surface area contributed by atoms with Crippen molar-refractivity contribution in [2.45, 2.75) is 32.2 Å². The number of carbonyl (C=O) groups is 1. The molecule has 1 N–H and O–H groups in total. The minimum atomic E-state index is 0.0143. The molecule has 0 bridgehead atoms. The standard InChI is InChI=1S/C19H20BrN3OS/c1-11-15-10-16(25-19(15)23(2)22-11)18(24)21-17(12-4-3-5-12)13-6-8-14(20)9-7-13/h6-10,12,17H,3-5H2,1-2H3,(H,21,24). The zero-order chi connectivity index (χ0) is 17.6. The highest BCUT2D eigenvalue weighted by Crippen LogP contribution is 2.38. The minimum Gasteiger partial charge on any atom is -0.344 e. The summed E-state index contributed by atoms with van der Waals surface area (Å²) in [4.78, 5) is 14.7. The summed E-state index contributed by atoms with van der Waals surface area (Å²) in [5.74, 6) is 0.545. The van der Waals surface area contributed by atoms with Crippen molar-refractivity contribution < 1.29 is 4.79 Å². The Morgan fingerprint density at radius 2 is 2.08 bits per heavy atom. The number of benzene rings is 1. The van der Waals surface area contributed by atoms with Crippen molar-refractivity contribution in [1.82, 2.24) is 15.1 Å². The van der Waals surface area contributed by atoms with Crippen LogP contribution in [0.15, 0.2) is 34.8 Å². The van der Waals surface area contributed by atoms with E-state index in [1.54, 1.807) is 0 Å². The summed E-state index contributed by atoms with van der Waals surface area (Å²) in [5.41, 5.74) is 2.15. The van der Waals surface area contributed by atoms with E-state index in [9.17, 15) is 4.79 Å². The Morgan fingerprint density at radius 1 is 1.36 bits per heavy atom. The van der Waals surface area contributed by atoms with Gasteiger partial charge in [-0.1, -0.05) is 34.5 Å². The number of hydrogen-bond donors (Lipinski definition) is 1. The van der Waals surface area contributed by atoms with Crippen LogP contribution < -0.4 is 5.32 Å². The first-order chi connectivity index (χ1) is 12.0. The Bertz CT molecular complexity index is 890. The summed E-state index contributed by atoms with van der Waals surface area (Å²) in [5, 5.41) is 8.77. The first-order valence-electron chi connectivity index (χ1n) is 8.52. The van der Waals surface area contributed by atoms with Gasteiger partial charge in [-0.2, -0.15) is 5.10 Å². The Labute approximate surface area is 159 Å². The number of carbonyl (C=O) groups excluding carboxylic acids is 1. The van der Waals surface area contributed by atoms with E-state index in [0.29, 0.717) is 5.92 Å². The molecule has 1 aliphatic rings. The topological polar surface area (TPSA) is 46.9 Å². The van der Waals surface area contributed by atoms with Gasteiger partial charge in [-0.25, -0.2) is 0 Å². The van der Waals surface area contributed by atoms with E-state index in [2.05, 4.69) is 38.5 Å². The lowest BCUT2D eigenvalue weighted by Crippen LogP contribution is -2.35. The summed E-state index contributed by atoms with van der Waals surface area (Å²) in [6.45, 7) is 1.98. The molecular formula is C19H20BrN3OS. The molecule has 130 valence electrons. The van der Waals surface area contributed by atoms with Gasteiger partial charge < -0.3 is 5.32 Å². The molecule has 2 aromatic heterocycles. The fourth-order valence-corrected chi connectivity index (χ4v) is 4.74. The van der Waals surface area contributed by atoms with Crippen molar-refractivity contribution in [2.75, 3.05) is 0 Å². The van der Waals surface area contributed by atoms with Gasteiger partial charge in [0.05, 0.1) is 16.6 Å². The van der Waals surface area contributed by atoms with Crippen LogP contribution in [0.1, 0.15) is 46.2 Å². The zero-order valence-electron chi connectivity index (χ0n) is 14.3. The van der Waals surface area contributed by atoms with Crippen LogP contribution in [-0.4, -0.2) is 15.7 Å². The highest BCUT2D eigenvalue weighted by Gasteiger charge is 2.30. The molecule has 1 fully saturated rings. The minimum absolute atomic E-state index is 0.0143. The lowest BCUT2D eigenvalue weighted by molar-refractivity contribution is 0.0905. The van der Waals surface area contributed by atoms with Crippen LogP contribution in [0.3, 0.4) is 0 Å². The molecule has 1 amide bonds. The van der Waals surface area contributed by atoms with Gasteiger partial charge in [-0.15, -0.1) is 11.3 Å². The molecule has 0 radical (unpaired) electrons. The molecule has 3 aromatic rings. The van der Waals surface area contributed by atoms with Crippen LogP contribution in [0, 0.1) is 12.8 Å². The van der Waals surface area contributed by atoms with E-state index in [1.807, 2.05) is 36.9 Å². The van der Waals surface area contributed by atoms with E-state index >= 15 is 0 Å². The van der Waals surface area contributed by atoms with Gasteiger partial charge in [-0.3, -0.25) is 9.48 Å². The van der Waals surface area contributed by atoms with E-state index in [-0.39, 0.29) is 11.9 Å². The number of nitrogens with zero attached hydrogens (tertiary/aromatic N) is 2. The number of fused-ring (bicyclic) bond motifs is 1. The first-order valence-corrected chi connectivity index (χ1v) is 10.1. The molecule has 1 saturated carbocycles. The number of hydrogen-bond acceptors (Lipinski definition) is 3. The Balaban J connectivity index is 1.61. The van der Waals surface area contributed by atoms with Crippen LogP contribution in [0.2, 0.25) is 0 Å². The second kappa shape index (κ2) is 6.57. The third-order valence-electron chi connectivity index (χ3n) is 5.06. The van der Waals surface area contributed by atoms with E-state index in [1.165, 1.54) is 36.2 Å². The summed E-state index contributed by atoms with van der Waals surface area (Å²) in [6.07, 6.45) is 3.61. The van der Waals surface area contributed by atoms with Crippen molar-refractivity contribution in [1.29, 1.82) is 0 Å². The van der Waals surface area contributed by atoms with Crippen LogP contribution >= 0.6 is 27.3 Å². The fraction of sp³-hybridized carbons (Fsp3) is 0.368. The molecule has 1 unspecified atom stereocenters. The molecular weight excluding hydrogens is 398 g/mol. The number of amides is 1. The molecule has 0 aliphatic heterocycles. The molecule has 4 nitrogen and oxygen atoms in total. The lowest BCUT2D eigenvalue weighted by atomic mass is 9.77. The molecule has 6 heteroatoms. The van der Waals surface area contributed by atoms with Gasteiger partial charge in [-0.05, 0) is 49.4 Å². The van der Waals surface area contributed by atoms with Crippen LogP contribution in [0.5, 0.6) is 0 Å². The van der Waals surface area contributed by atoms with Crippen LogP contribution in [0.25, 0.3) is 10.2 Å². The lowest BCUT2D eigenvalue weighted by Gasteiger charge is -2.34. The first kappa shape index (κ1) is 16.8. The van der Waals surface area contributed by atoms with Gasteiger partial charge >= 0.3 is 0 Å². The van der Waals surface area contributed by atoms with E-state index in [4.69, 9.17) is 0 Å². The van der Waals surface area contributed by atoms with Gasteiger partial charge in [0.2, 0.25) is 0 Å². The van der Waals surface area contributed by atoms with Crippen molar-refractivity contribution in [3.63, 3.8) is 0 Å². The van der Waals surface area contributed by atoms with Crippen molar-refractivity contribution in [3.8, 4) is 0 Å². The predicted octanol–water partition coefficient (Wildman–Crippen LogP) is 4.98.